The van der Waals surface area contributed by atoms with Gasteiger partial charge in [-0.25, -0.2) is 9.51 Å². The van der Waals surface area contributed by atoms with Crippen molar-refractivity contribution < 1.29 is 14.6 Å². The van der Waals surface area contributed by atoms with Gasteiger partial charge < -0.3 is 15.6 Å². The summed E-state index contributed by atoms with van der Waals surface area (Å²) in [6, 6.07) is 5.48. The number of carbonyl (C=O) groups excluding carboxylic acids is 1. The van der Waals surface area contributed by atoms with Gasteiger partial charge in [-0.15, -0.1) is 5.10 Å². The summed E-state index contributed by atoms with van der Waals surface area (Å²) < 4.78 is 7.01. The molecule has 22 heavy (non-hydrogen) atoms. The molecular weight excluding hydrogens is 284 g/mol. The Hall–Kier alpha value is -2.93. The molecule has 3 rings (SSSR count). The molecule has 0 saturated heterocycles. The van der Waals surface area contributed by atoms with Gasteiger partial charge in [0.15, 0.2) is 5.69 Å². The van der Waals surface area contributed by atoms with Gasteiger partial charge in [-0.05, 0) is 24.3 Å². The monoisotopic (exact) mass is 298 g/mol. The second kappa shape index (κ2) is 5.82. The zero-order chi connectivity index (χ0) is 15.5. The Bertz CT molecular complexity index is 817. The summed E-state index contributed by atoms with van der Waals surface area (Å²) in [6.45, 7) is -0.0413. The van der Waals surface area contributed by atoms with E-state index < -0.39 is 0 Å². The Morgan fingerprint density at radius 3 is 3.00 bits per heavy atom. The van der Waals surface area contributed by atoms with Gasteiger partial charge in [-0.1, -0.05) is 6.07 Å². The van der Waals surface area contributed by atoms with Crippen LogP contribution in [0.4, 0.5) is 5.69 Å². The number of aliphatic hydroxyl groups excluding tert-OH is 1. The zero-order valence-electron chi connectivity index (χ0n) is 11.6. The second-order valence-electron chi connectivity index (χ2n) is 4.60. The maximum atomic E-state index is 11.9. The van der Waals surface area contributed by atoms with E-state index in [9.17, 15) is 4.79 Å². The molecule has 2 aromatic heterocycles. The standard InChI is InChI=1S/C15H14N4O3/c16-10-4-5-11(13(21)9-10)17-14-12-3-1-2-6-19(12)18-15(14)22-8-7-20/h1-6,9,20H,7-8,16H2. The highest BCUT2D eigenvalue weighted by Gasteiger charge is 2.17. The van der Waals surface area contributed by atoms with Gasteiger partial charge in [-0.2, -0.15) is 0 Å². The summed E-state index contributed by atoms with van der Waals surface area (Å²) >= 11 is 0. The highest BCUT2D eigenvalue weighted by molar-refractivity contribution is 6.49. The van der Waals surface area contributed by atoms with E-state index in [1.807, 2.05) is 18.2 Å². The number of allylic oxidation sites excluding steroid dienone is 3. The summed E-state index contributed by atoms with van der Waals surface area (Å²) in [5, 5.41) is 13.2. The van der Waals surface area contributed by atoms with Crippen LogP contribution in [-0.2, 0) is 4.79 Å². The number of nitrogens with zero attached hydrogens (tertiary/aromatic N) is 3. The fourth-order valence-corrected chi connectivity index (χ4v) is 2.05. The molecule has 0 atom stereocenters. The van der Waals surface area contributed by atoms with Crippen LogP contribution in [0.5, 0.6) is 5.88 Å². The first-order chi connectivity index (χ1) is 10.7. The molecule has 0 saturated carbocycles. The number of aliphatic imine (C=N–C) groups is 1. The zero-order valence-corrected chi connectivity index (χ0v) is 11.6. The molecular formula is C15H14N4O3. The molecule has 0 radical (unpaired) electrons. The van der Waals surface area contributed by atoms with Crippen LogP contribution in [-0.4, -0.2) is 39.4 Å². The van der Waals surface area contributed by atoms with Crippen molar-refractivity contribution >= 4 is 22.7 Å². The van der Waals surface area contributed by atoms with Crippen molar-refractivity contribution in [3.63, 3.8) is 0 Å². The third kappa shape index (κ3) is 2.61. The van der Waals surface area contributed by atoms with Crippen molar-refractivity contribution in [2.24, 2.45) is 10.7 Å². The molecule has 2 aromatic rings. The highest BCUT2D eigenvalue weighted by atomic mass is 16.5. The second-order valence-corrected chi connectivity index (χ2v) is 4.60. The molecule has 7 nitrogen and oxygen atoms in total. The SMILES string of the molecule is NC1=CC(=O)C(=Nc2c(OCCO)nn3ccccc23)C=C1. The van der Waals surface area contributed by atoms with E-state index in [0.717, 1.165) is 0 Å². The van der Waals surface area contributed by atoms with Gasteiger partial charge in [-0.3, -0.25) is 4.79 Å². The van der Waals surface area contributed by atoms with E-state index in [-0.39, 0.29) is 30.6 Å². The molecule has 0 fully saturated rings. The van der Waals surface area contributed by atoms with Gasteiger partial charge in [0.25, 0.3) is 5.88 Å². The largest absolute Gasteiger partial charge is 0.473 e. The van der Waals surface area contributed by atoms with E-state index >= 15 is 0 Å². The minimum absolute atomic E-state index is 0.0956. The topological polar surface area (TPSA) is 102 Å². The van der Waals surface area contributed by atoms with E-state index in [1.165, 1.54) is 6.08 Å². The fraction of sp³-hybridized carbons (Fsp3) is 0.133. The van der Waals surface area contributed by atoms with Gasteiger partial charge in [0.2, 0.25) is 5.78 Å². The minimum Gasteiger partial charge on any atom is -0.473 e. The van der Waals surface area contributed by atoms with Crippen molar-refractivity contribution in [2.45, 2.75) is 0 Å². The molecule has 2 heterocycles. The van der Waals surface area contributed by atoms with Crippen molar-refractivity contribution in [1.82, 2.24) is 9.61 Å². The van der Waals surface area contributed by atoms with E-state index in [1.54, 1.807) is 22.9 Å². The first-order valence-electron chi connectivity index (χ1n) is 6.68. The molecule has 7 heteroatoms. The normalized spacial score (nSPS) is 16.3. The Labute approximate surface area is 126 Å². The summed E-state index contributed by atoms with van der Waals surface area (Å²) in [4.78, 5) is 16.3. The molecule has 1 aliphatic carbocycles. The number of aromatic nitrogens is 2. The van der Waals surface area contributed by atoms with Gasteiger partial charge in [0.1, 0.15) is 12.3 Å². The molecule has 3 N–H and O–H groups in total. The number of aliphatic hydroxyl groups is 1. The Morgan fingerprint density at radius 2 is 2.23 bits per heavy atom. The predicted octanol–water partition coefficient (Wildman–Crippen LogP) is 0.759. The number of fused-ring (bicyclic) bond motifs is 1. The third-order valence-electron chi connectivity index (χ3n) is 3.03. The van der Waals surface area contributed by atoms with Crippen molar-refractivity contribution in [1.29, 1.82) is 0 Å². The molecule has 0 amide bonds. The van der Waals surface area contributed by atoms with Crippen LogP contribution in [0.2, 0.25) is 0 Å². The van der Waals surface area contributed by atoms with E-state index in [2.05, 4.69) is 10.1 Å². The number of rotatable bonds is 4. The number of hydrogen-bond donors (Lipinski definition) is 2. The molecule has 112 valence electrons. The predicted molar refractivity (Wildman–Crippen MR) is 81.3 cm³/mol. The molecule has 0 bridgehead atoms. The van der Waals surface area contributed by atoms with Crippen molar-refractivity contribution in [3.8, 4) is 5.88 Å². The van der Waals surface area contributed by atoms with E-state index in [4.69, 9.17) is 15.6 Å². The number of pyridine rings is 1. The lowest BCUT2D eigenvalue weighted by Crippen LogP contribution is -2.15. The number of hydrogen-bond acceptors (Lipinski definition) is 6. The summed E-state index contributed by atoms with van der Waals surface area (Å²) in [5.74, 6) is -0.0140. The van der Waals surface area contributed by atoms with Crippen LogP contribution < -0.4 is 10.5 Å². The molecule has 0 aliphatic heterocycles. The lowest BCUT2D eigenvalue weighted by molar-refractivity contribution is -0.108. The first-order valence-corrected chi connectivity index (χ1v) is 6.68. The lowest BCUT2D eigenvalue weighted by Gasteiger charge is -2.05. The summed E-state index contributed by atoms with van der Waals surface area (Å²) in [7, 11) is 0. The van der Waals surface area contributed by atoms with Gasteiger partial charge in [0, 0.05) is 18.0 Å². The Balaban J connectivity index is 2.09. The summed E-state index contributed by atoms with van der Waals surface area (Å²) in [6.07, 6.45) is 6.24. The van der Waals surface area contributed by atoms with Crippen LogP contribution >= 0.6 is 0 Å². The Kier molecular flexibility index (Phi) is 3.71. The van der Waals surface area contributed by atoms with E-state index in [0.29, 0.717) is 16.9 Å². The molecule has 0 aromatic carbocycles. The molecule has 0 spiro atoms. The third-order valence-corrected chi connectivity index (χ3v) is 3.03. The van der Waals surface area contributed by atoms with Gasteiger partial charge >= 0.3 is 0 Å². The average molecular weight is 298 g/mol. The number of ether oxygens (including phenoxy) is 1. The maximum absolute atomic E-state index is 11.9. The smallest absolute Gasteiger partial charge is 0.260 e. The van der Waals surface area contributed by atoms with Gasteiger partial charge in [0.05, 0.1) is 12.1 Å². The average Bonchev–Trinajstić information content (AvgIpc) is 2.86. The van der Waals surface area contributed by atoms with Crippen molar-refractivity contribution in [3.05, 3.63) is 48.3 Å². The number of ketones is 1. The van der Waals surface area contributed by atoms with Crippen LogP contribution in [0.15, 0.2) is 53.3 Å². The minimum atomic E-state index is -0.275. The van der Waals surface area contributed by atoms with Crippen LogP contribution in [0.25, 0.3) is 5.52 Å². The highest BCUT2D eigenvalue weighted by Crippen LogP contribution is 2.32. The fourth-order valence-electron chi connectivity index (χ4n) is 2.05. The molecule has 1 aliphatic rings. The summed E-state index contributed by atoms with van der Waals surface area (Å²) in [5.41, 5.74) is 7.36. The Morgan fingerprint density at radius 1 is 1.36 bits per heavy atom. The van der Waals surface area contributed by atoms with Crippen LogP contribution in [0.3, 0.4) is 0 Å². The lowest BCUT2D eigenvalue weighted by atomic mass is 10.1. The van der Waals surface area contributed by atoms with Crippen molar-refractivity contribution in [2.75, 3.05) is 13.2 Å². The van der Waals surface area contributed by atoms with Crippen LogP contribution in [0.1, 0.15) is 0 Å². The number of nitrogens with two attached hydrogens (primary N) is 1. The first kappa shape index (κ1) is 14.0. The number of carbonyl (C=O) groups is 1. The quantitative estimate of drug-likeness (QED) is 0.811. The molecule has 0 unspecified atom stereocenters. The maximum Gasteiger partial charge on any atom is 0.260 e. The van der Waals surface area contributed by atoms with Crippen LogP contribution in [0, 0.1) is 0 Å².